The lowest BCUT2D eigenvalue weighted by Gasteiger charge is -2.21. The van der Waals surface area contributed by atoms with Crippen molar-refractivity contribution in [2.24, 2.45) is 16.8 Å². The molecule has 8 heteroatoms. The number of esters is 1. The van der Waals surface area contributed by atoms with Crippen molar-refractivity contribution in [3.8, 4) is 0 Å². The molecule has 0 aromatic carbocycles. The van der Waals surface area contributed by atoms with Crippen LogP contribution in [-0.2, 0) is 21.5 Å². The number of rotatable bonds is 3. The quantitative estimate of drug-likeness (QED) is 0.312. The van der Waals surface area contributed by atoms with E-state index in [4.69, 9.17) is 9.72 Å². The second kappa shape index (κ2) is 9.16. The van der Waals surface area contributed by atoms with Gasteiger partial charge in [0.05, 0.1) is 25.3 Å². The van der Waals surface area contributed by atoms with Crippen molar-refractivity contribution in [2.75, 3.05) is 27.2 Å². The standard InChI is InChI=1S/C17H28N4O2S.HI/c1-11-8-21(9-12(11)15(22)23-6)16(18-5)19-7-14-20-13(10-24-14)17(2,3)4;/h10-12H,7-9H2,1-6H3,(H,18,19);1H. The van der Waals surface area contributed by atoms with Gasteiger partial charge in [0.1, 0.15) is 5.01 Å². The number of nitrogens with zero attached hydrogens (tertiary/aromatic N) is 3. The number of thiazole rings is 1. The highest BCUT2D eigenvalue weighted by Gasteiger charge is 2.36. The number of methoxy groups -OCH3 is 1. The summed E-state index contributed by atoms with van der Waals surface area (Å²) in [4.78, 5) is 23.0. The van der Waals surface area contributed by atoms with E-state index in [1.54, 1.807) is 18.4 Å². The summed E-state index contributed by atoms with van der Waals surface area (Å²) >= 11 is 1.66. The zero-order chi connectivity index (χ0) is 17.9. The predicted molar refractivity (Wildman–Crippen MR) is 113 cm³/mol. The number of carbonyl (C=O) groups is 1. The van der Waals surface area contributed by atoms with Crippen LogP contribution in [0.1, 0.15) is 38.4 Å². The van der Waals surface area contributed by atoms with Crippen LogP contribution in [-0.4, -0.2) is 49.1 Å². The SMILES string of the molecule is CN=C(NCc1nc(C(C)(C)C)cs1)N1CC(C)C(C(=O)OC)C1.I. The number of aromatic nitrogens is 1. The zero-order valence-electron chi connectivity index (χ0n) is 15.8. The molecule has 1 aliphatic rings. The fourth-order valence-electron chi connectivity index (χ4n) is 2.82. The highest BCUT2D eigenvalue weighted by Crippen LogP contribution is 2.25. The van der Waals surface area contributed by atoms with Crippen molar-refractivity contribution in [1.82, 2.24) is 15.2 Å². The number of ether oxygens (including phenoxy) is 1. The highest BCUT2D eigenvalue weighted by molar-refractivity contribution is 14.0. The Labute approximate surface area is 171 Å². The second-order valence-electron chi connectivity index (χ2n) is 7.29. The van der Waals surface area contributed by atoms with Gasteiger partial charge in [-0.3, -0.25) is 9.79 Å². The number of likely N-dealkylation sites (tertiary alicyclic amines) is 1. The first-order valence-corrected chi connectivity index (χ1v) is 9.12. The van der Waals surface area contributed by atoms with Crippen molar-refractivity contribution in [2.45, 2.75) is 39.7 Å². The van der Waals surface area contributed by atoms with Crippen molar-refractivity contribution in [1.29, 1.82) is 0 Å². The molecule has 1 fully saturated rings. The highest BCUT2D eigenvalue weighted by atomic mass is 127. The maximum atomic E-state index is 11.8. The lowest BCUT2D eigenvalue weighted by Crippen LogP contribution is -2.40. The molecule has 0 saturated carbocycles. The Morgan fingerprint density at radius 3 is 2.68 bits per heavy atom. The Bertz CT molecular complexity index is 612. The molecule has 25 heavy (non-hydrogen) atoms. The van der Waals surface area contributed by atoms with Gasteiger partial charge in [0.25, 0.3) is 0 Å². The number of guanidine groups is 1. The molecule has 2 heterocycles. The number of aliphatic imine (C=N–C) groups is 1. The van der Waals surface area contributed by atoms with E-state index in [1.807, 2.05) is 0 Å². The van der Waals surface area contributed by atoms with Crippen LogP contribution >= 0.6 is 35.3 Å². The molecule has 1 aliphatic heterocycles. The fraction of sp³-hybridized carbons (Fsp3) is 0.706. The summed E-state index contributed by atoms with van der Waals surface area (Å²) in [6.45, 7) is 10.6. The van der Waals surface area contributed by atoms with Gasteiger partial charge in [-0.15, -0.1) is 35.3 Å². The molecule has 0 spiro atoms. The maximum absolute atomic E-state index is 11.8. The molecule has 0 bridgehead atoms. The maximum Gasteiger partial charge on any atom is 0.310 e. The summed E-state index contributed by atoms with van der Waals surface area (Å²) < 4.78 is 4.90. The van der Waals surface area contributed by atoms with E-state index >= 15 is 0 Å². The van der Waals surface area contributed by atoms with Gasteiger partial charge in [-0.25, -0.2) is 4.98 Å². The summed E-state index contributed by atoms with van der Waals surface area (Å²) in [5.41, 5.74) is 1.17. The Balaban J connectivity index is 0.00000312. The number of hydrogen-bond donors (Lipinski definition) is 1. The molecule has 1 aromatic rings. The van der Waals surface area contributed by atoms with E-state index in [0.717, 1.165) is 23.2 Å². The van der Waals surface area contributed by atoms with Crippen LogP contribution in [0.25, 0.3) is 0 Å². The normalized spacial score (nSPS) is 21.0. The molecule has 1 saturated heterocycles. The van der Waals surface area contributed by atoms with Crippen LogP contribution < -0.4 is 5.32 Å². The Morgan fingerprint density at radius 2 is 2.16 bits per heavy atom. The summed E-state index contributed by atoms with van der Waals surface area (Å²) in [5, 5.41) is 6.52. The van der Waals surface area contributed by atoms with E-state index in [1.165, 1.54) is 7.11 Å². The number of halogens is 1. The van der Waals surface area contributed by atoms with Crippen molar-refractivity contribution < 1.29 is 9.53 Å². The Kier molecular flexibility index (Phi) is 8.11. The van der Waals surface area contributed by atoms with Gasteiger partial charge >= 0.3 is 5.97 Å². The van der Waals surface area contributed by atoms with Gasteiger partial charge in [-0.1, -0.05) is 27.7 Å². The lowest BCUT2D eigenvalue weighted by molar-refractivity contribution is -0.145. The Morgan fingerprint density at radius 1 is 1.48 bits per heavy atom. The second-order valence-corrected chi connectivity index (χ2v) is 8.23. The topological polar surface area (TPSA) is 66.8 Å². The first-order valence-electron chi connectivity index (χ1n) is 8.24. The van der Waals surface area contributed by atoms with Gasteiger partial charge in [0.15, 0.2) is 5.96 Å². The van der Waals surface area contributed by atoms with Gasteiger partial charge in [-0.2, -0.15) is 0 Å². The molecule has 0 amide bonds. The van der Waals surface area contributed by atoms with E-state index in [-0.39, 0.29) is 47.2 Å². The van der Waals surface area contributed by atoms with Gasteiger partial charge in [-0.05, 0) is 5.92 Å². The average Bonchev–Trinajstić information content (AvgIpc) is 3.14. The molecule has 0 radical (unpaired) electrons. The monoisotopic (exact) mass is 480 g/mol. The summed E-state index contributed by atoms with van der Waals surface area (Å²) in [5.74, 6) is 0.820. The minimum atomic E-state index is -0.143. The van der Waals surface area contributed by atoms with Crippen LogP contribution in [0.4, 0.5) is 0 Å². The van der Waals surface area contributed by atoms with Crippen LogP contribution in [0.15, 0.2) is 10.4 Å². The minimum absolute atomic E-state index is 0. The molecular weight excluding hydrogens is 451 g/mol. The number of nitrogens with one attached hydrogen (secondary N) is 1. The molecule has 6 nitrogen and oxygen atoms in total. The Hall–Kier alpha value is -0.900. The zero-order valence-corrected chi connectivity index (χ0v) is 19.0. The third kappa shape index (κ3) is 5.54. The molecule has 2 rings (SSSR count). The van der Waals surface area contributed by atoms with Crippen LogP contribution in [0.3, 0.4) is 0 Å². The largest absolute Gasteiger partial charge is 0.469 e. The van der Waals surface area contributed by atoms with Gasteiger partial charge < -0.3 is 15.0 Å². The molecule has 0 aliphatic carbocycles. The third-order valence-corrected chi connectivity index (χ3v) is 5.19. The predicted octanol–water partition coefficient (Wildman–Crippen LogP) is 2.87. The molecule has 2 atom stereocenters. The minimum Gasteiger partial charge on any atom is -0.469 e. The van der Waals surface area contributed by atoms with Crippen LogP contribution in [0.2, 0.25) is 0 Å². The van der Waals surface area contributed by atoms with Crippen molar-refractivity contribution >= 4 is 47.2 Å². The van der Waals surface area contributed by atoms with Crippen molar-refractivity contribution in [3.05, 3.63) is 16.1 Å². The lowest BCUT2D eigenvalue weighted by atomic mass is 9.93. The number of hydrogen-bond acceptors (Lipinski definition) is 5. The summed E-state index contributed by atoms with van der Waals surface area (Å²) in [6.07, 6.45) is 0. The molecular formula is C17H29IN4O2S. The third-order valence-electron chi connectivity index (χ3n) is 4.35. The van der Waals surface area contributed by atoms with Crippen molar-refractivity contribution in [3.63, 3.8) is 0 Å². The van der Waals surface area contributed by atoms with Gasteiger partial charge in [0.2, 0.25) is 0 Å². The van der Waals surface area contributed by atoms with E-state index < -0.39 is 0 Å². The summed E-state index contributed by atoms with van der Waals surface area (Å²) in [7, 11) is 3.21. The molecule has 1 N–H and O–H groups in total. The van der Waals surface area contributed by atoms with Crippen LogP contribution in [0, 0.1) is 11.8 Å². The molecule has 142 valence electrons. The summed E-state index contributed by atoms with van der Waals surface area (Å²) in [6, 6.07) is 0. The molecule has 2 unspecified atom stereocenters. The smallest absolute Gasteiger partial charge is 0.310 e. The fourth-order valence-corrected chi connectivity index (χ4v) is 3.78. The number of carbonyl (C=O) groups excluding carboxylic acids is 1. The molecule has 1 aromatic heterocycles. The van der Waals surface area contributed by atoms with Gasteiger partial charge in [0, 0.05) is 30.9 Å². The first kappa shape index (κ1) is 22.1. The van der Waals surface area contributed by atoms with E-state index in [9.17, 15) is 4.79 Å². The first-order chi connectivity index (χ1) is 11.3. The van der Waals surface area contributed by atoms with E-state index in [2.05, 4.69) is 48.3 Å². The van der Waals surface area contributed by atoms with Crippen LogP contribution in [0.5, 0.6) is 0 Å². The average molecular weight is 480 g/mol. The van der Waals surface area contributed by atoms with E-state index in [0.29, 0.717) is 13.1 Å².